The van der Waals surface area contributed by atoms with Crippen molar-refractivity contribution >= 4 is 17.6 Å². The lowest BCUT2D eigenvalue weighted by molar-refractivity contribution is -0.134. The number of esters is 1. The summed E-state index contributed by atoms with van der Waals surface area (Å²) >= 11 is 5.31. The smallest absolute Gasteiger partial charge is 0.331 e. The van der Waals surface area contributed by atoms with E-state index < -0.39 is 5.97 Å². The van der Waals surface area contributed by atoms with Crippen LogP contribution in [0.4, 0.5) is 0 Å². The molecule has 0 aromatic rings. The van der Waals surface area contributed by atoms with Crippen LogP contribution in [0.2, 0.25) is 0 Å². The summed E-state index contributed by atoms with van der Waals surface area (Å²) in [6, 6.07) is 0. The average molecular weight is 135 g/mol. The molecule has 3 heteroatoms. The molecular weight excluding hydrogens is 128 g/mol. The summed E-state index contributed by atoms with van der Waals surface area (Å²) in [4.78, 5) is 10.2. The van der Waals surface area contributed by atoms with Crippen molar-refractivity contribution in [3.63, 3.8) is 0 Å². The van der Waals surface area contributed by atoms with Crippen molar-refractivity contribution in [2.75, 3.05) is 7.11 Å². The largest absolute Gasteiger partial charge is 0.466 e. The SMILES string of the molecule is COC(=O)/C=C(/C)Cl. The molecule has 0 bridgehead atoms. The maximum Gasteiger partial charge on any atom is 0.331 e. The Morgan fingerprint density at radius 3 is 2.38 bits per heavy atom. The number of allylic oxidation sites excluding steroid dienone is 1. The molecule has 0 radical (unpaired) electrons. The summed E-state index contributed by atoms with van der Waals surface area (Å²) in [5.41, 5.74) is 0. The third-order valence-corrected chi connectivity index (χ3v) is 0.627. The van der Waals surface area contributed by atoms with Gasteiger partial charge >= 0.3 is 5.97 Å². The summed E-state index contributed by atoms with van der Waals surface area (Å²) in [7, 11) is 1.30. The fraction of sp³-hybridized carbons (Fsp3) is 0.400. The lowest BCUT2D eigenvalue weighted by Gasteiger charge is -1.87. The summed E-state index contributed by atoms with van der Waals surface area (Å²) in [5, 5.41) is 0.428. The first-order valence-corrected chi connectivity index (χ1v) is 2.46. The average Bonchev–Trinajstić information content (AvgIpc) is 1.65. The minimum atomic E-state index is -0.419. The van der Waals surface area contributed by atoms with Gasteiger partial charge in [0.2, 0.25) is 0 Å². The van der Waals surface area contributed by atoms with Crippen LogP contribution in [-0.4, -0.2) is 13.1 Å². The zero-order chi connectivity index (χ0) is 6.57. The highest BCUT2D eigenvalue weighted by molar-refractivity contribution is 6.30. The normalized spacial score (nSPS) is 11.1. The molecule has 0 amide bonds. The summed E-state index contributed by atoms with van der Waals surface area (Å²) < 4.78 is 4.26. The molecular formula is C5H7ClO2. The minimum absolute atomic E-state index is 0.419. The van der Waals surface area contributed by atoms with Crippen LogP contribution in [0.15, 0.2) is 11.1 Å². The predicted octanol–water partition coefficient (Wildman–Crippen LogP) is 1.30. The van der Waals surface area contributed by atoms with E-state index in [2.05, 4.69) is 4.74 Å². The van der Waals surface area contributed by atoms with Gasteiger partial charge in [-0.3, -0.25) is 0 Å². The van der Waals surface area contributed by atoms with E-state index in [1.807, 2.05) is 0 Å². The van der Waals surface area contributed by atoms with Gasteiger partial charge in [0.05, 0.1) is 7.11 Å². The van der Waals surface area contributed by atoms with Gasteiger partial charge in [-0.25, -0.2) is 4.79 Å². The molecule has 0 aliphatic heterocycles. The van der Waals surface area contributed by atoms with E-state index >= 15 is 0 Å². The number of hydrogen-bond acceptors (Lipinski definition) is 2. The fourth-order valence-corrected chi connectivity index (χ4v) is 0.310. The predicted molar refractivity (Wildman–Crippen MR) is 31.6 cm³/mol. The van der Waals surface area contributed by atoms with Crippen LogP contribution in [-0.2, 0) is 9.53 Å². The standard InChI is InChI=1S/C5H7ClO2/c1-4(6)3-5(7)8-2/h3H,1-2H3/b4-3-. The molecule has 0 saturated heterocycles. The van der Waals surface area contributed by atoms with Crippen molar-refractivity contribution in [3.8, 4) is 0 Å². The topological polar surface area (TPSA) is 26.3 Å². The maximum atomic E-state index is 10.2. The Bertz CT molecular complexity index is 114. The number of carbonyl (C=O) groups is 1. The van der Waals surface area contributed by atoms with Gasteiger partial charge in [0.15, 0.2) is 0 Å². The molecule has 0 N–H and O–H groups in total. The van der Waals surface area contributed by atoms with Gasteiger partial charge in [0.1, 0.15) is 0 Å². The second-order valence-electron chi connectivity index (χ2n) is 1.25. The Kier molecular flexibility index (Phi) is 3.28. The Balaban J connectivity index is 3.70. The van der Waals surface area contributed by atoms with Crippen molar-refractivity contribution in [2.45, 2.75) is 6.92 Å². The van der Waals surface area contributed by atoms with Crippen LogP contribution < -0.4 is 0 Å². The lowest BCUT2D eigenvalue weighted by atomic mass is 10.5. The molecule has 0 unspecified atom stereocenters. The molecule has 0 aliphatic rings. The van der Waals surface area contributed by atoms with Gasteiger partial charge in [-0.05, 0) is 6.92 Å². The van der Waals surface area contributed by atoms with E-state index in [4.69, 9.17) is 11.6 Å². The maximum absolute atomic E-state index is 10.2. The molecule has 0 fully saturated rings. The van der Waals surface area contributed by atoms with Gasteiger partial charge in [-0.2, -0.15) is 0 Å². The van der Waals surface area contributed by atoms with E-state index in [1.165, 1.54) is 13.2 Å². The van der Waals surface area contributed by atoms with Crippen molar-refractivity contribution in [1.29, 1.82) is 0 Å². The van der Waals surface area contributed by atoms with Crippen molar-refractivity contribution < 1.29 is 9.53 Å². The van der Waals surface area contributed by atoms with Gasteiger partial charge in [-0.15, -0.1) is 0 Å². The van der Waals surface area contributed by atoms with E-state index in [9.17, 15) is 4.79 Å². The van der Waals surface area contributed by atoms with E-state index in [0.29, 0.717) is 5.03 Å². The van der Waals surface area contributed by atoms with E-state index in [-0.39, 0.29) is 0 Å². The monoisotopic (exact) mass is 134 g/mol. The minimum Gasteiger partial charge on any atom is -0.466 e. The Morgan fingerprint density at radius 1 is 1.75 bits per heavy atom. The molecule has 0 atom stereocenters. The molecule has 8 heavy (non-hydrogen) atoms. The molecule has 0 aromatic carbocycles. The first-order valence-electron chi connectivity index (χ1n) is 2.08. The van der Waals surface area contributed by atoms with Crippen LogP contribution in [0.1, 0.15) is 6.92 Å². The highest BCUT2D eigenvalue weighted by atomic mass is 35.5. The van der Waals surface area contributed by atoms with Gasteiger partial charge < -0.3 is 4.74 Å². The van der Waals surface area contributed by atoms with Crippen LogP contribution in [0, 0.1) is 0 Å². The van der Waals surface area contributed by atoms with Gasteiger partial charge in [0, 0.05) is 11.1 Å². The molecule has 0 aliphatic carbocycles. The molecule has 0 spiro atoms. The molecule has 2 nitrogen and oxygen atoms in total. The molecule has 46 valence electrons. The highest BCUT2D eigenvalue weighted by Gasteiger charge is 1.90. The second-order valence-corrected chi connectivity index (χ2v) is 1.85. The van der Waals surface area contributed by atoms with Gasteiger partial charge in [0.25, 0.3) is 0 Å². The number of rotatable bonds is 1. The number of methoxy groups -OCH3 is 1. The molecule has 0 saturated carbocycles. The first-order chi connectivity index (χ1) is 3.66. The van der Waals surface area contributed by atoms with Crippen molar-refractivity contribution in [2.24, 2.45) is 0 Å². The second kappa shape index (κ2) is 3.50. The highest BCUT2D eigenvalue weighted by Crippen LogP contribution is 1.96. The van der Waals surface area contributed by atoms with E-state index in [0.717, 1.165) is 0 Å². The zero-order valence-corrected chi connectivity index (χ0v) is 5.53. The summed E-state index contributed by atoms with van der Waals surface area (Å²) in [5.74, 6) is -0.419. The Labute approximate surface area is 53.1 Å². The van der Waals surface area contributed by atoms with Crippen molar-refractivity contribution in [1.82, 2.24) is 0 Å². The lowest BCUT2D eigenvalue weighted by Crippen LogP contribution is -1.93. The molecule has 0 aromatic heterocycles. The van der Waals surface area contributed by atoms with Crippen LogP contribution in [0.3, 0.4) is 0 Å². The molecule has 0 heterocycles. The Morgan fingerprint density at radius 2 is 2.25 bits per heavy atom. The summed E-state index contributed by atoms with van der Waals surface area (Å²) in [6.07, 6.45) is 1.21. The number of hydrogen-bond donors (Lipinski definition) is 0. The van der Waals surface area contributed by atoms with Crippen LogP contribution in [0.5, 0.6) is 0 Å². The van der Waals surface area contributed by atoms with Gasteiger partial charge in [-0.1, -0.05) is 11.6 Å². The quantitative estimate of drug-likeness (QED) is 0.399. The zero-order valence-electron chi connectivity index (χ0n) is 4.77. The van der Waals surface area contributed by atoms with Crippen molar-refractivity contribution in [3.05, 3.63) is 11.1 Å². The van der Waals surface area contributed by atoms with E-state index in [1.54, 1.807) is 6.92 Å². The van der Waals surface area contributed by atoms with Crippen LogP contribution >= 0.6 is 11.6 Å². The third kappa shape index (κ3) is 3.68. The van der Waals surface area contributed by atoms with Crippen LogP contribution in [0.25, 0.3) is 0 Å². The molecule has 0 rings (SSSR count). The number of ether oxygens (including phenoxy) is 1. The Hall–Kier alpha value is -0.500. The number of carbonyl (C=O) groups excluding carboxylic acids is 1. The summed E-state index contributed by atoms with van der Waals surface area (Å²) in [6.45, 7) is 1.61. The number of halogens is 1. The fourth-order valence-electron chi connectivity index (χ4n) is 0.221. The first kappa shape index (κ1) is 7.50. The third-order valence-electron chi connectivity index (χ3n) is 0.518.